The Morgan fingerprint density at radius 2 is 2.10 bits per heavy atom. The molecule has 1 fully saturated rings. The van der Waals surface area contributed by atoms with Crippen molar-refractivity contribution in [2.45, 2.75) is 28.5 Å². The van der Waals surface area contributed by atoms with Crippen molar-refractivity contribution in [3.8, 4) is 0 Å². The lowest BCUT2D eigenvalue weighted by Crippen LogP contribution is -2.29. The molecule has 0 radical (unpaired) electrons. The van der Waals surface area contributed by atoms with Crippen molar-refractivity contribution >= 4 is 34.1 Å². The van der Waals surface area contributed by atoms with E-state index in [4.69, 9.17) is 5.73 Å². The van der Waals surface area contributed by atoms with Crippen LogP contribution in [0.25, 0.3) is 0 Å². The molecule has 1 aromatic carbocycles. The molecule has 0 saturated heterocycles. The summed E-state index contributed by atoms with van der Waals surface area (Å²) in [6.45, 7) is 0. The highest BCUT2D eigenvalue weighted by atomic mass is 32.2. The monoisotopic (exact) mass is 324 g/mol. The summed E-state index contributed by atoms with van der Waals surface area (Å²) >= 11 is 2.51. The van der Waals surface area contributed by atoms with Gasteiger partial charge in [-0.2, -0.15) is 0 Å². The Hall–Kier alpha value is -1.67. The van der Waals surface area contributed by atoms with Crippen molar-refractivity contribution in [2.75, 3.05) is 5.73 Å². The second-order valence-corrected chi connectivity index (χ2v) is 7.10. The average molecular weight is 324 g/mol. The quantitative estimate of drug-likeness (QED) is 0.825. The fraction of sp³-hybridized carbons (Fsp3) is 0.308. The van der Waals surface area contributed by atoms with Gasteiger partial charge in [0.2, 0.25) is 11.0 Å². The van der Waals surface area contributed by atoms with Gasteiger partial charge in [0, 0.05) is 6.04 Å². The summed E-state index contributed by atoms with van der Waals surface area (Å²) in [7, 11) is 0. The van der Waals surface area contributed by atoms with E-state index in [1.165, 1.54) is 35.2 Å². The van der Waals surface area contributed by atoms with Gasteiger partial charge in [0.1, 0.15) is 11.1 Å². The van der Waals surface area contributed by atoms with Crippen LogP contribution < -0.4 is 11.1 Å². The van der Waals surface area contributed by atoms with Gasteiger partial charge in [0.05, 0.1) is 0 Å². The number of carbonyl (C=O) groups is 1. The van der Waals surface area contributed by atoms with Crippen LogP contribution in [-0.2, 0) is 4.79 Å². The molecular weight excluding hydrogens is 311 g/mol. The topological polar surface area (TPSA) is 80.9 Å². The van der Waals surface area contributed by atoms with Crippen LogP contribution in [0.3, 0.4) is 0 Å². The second-order valence-electron chi connectivity index (χ2n) is 4.74. The SMILES string of the molecule is Nc1nnc(SC(C(=O)NC2CC2)c2ccc(F)cc2)s1. The number of amides is 1. The fourth-order valence-corrected chi connectivity index (χ4v) is 3.62. The van der Waals surface area contributed by atoms with Crippen LogP contribution in [0.4, 0.5) is 9.52 Å². The first-order chi connectivity index (χ1) is 10.1. The summed E-state index contributed by atoms with van der Waals surface area (Å²) in [5.74, 6) is -0.423. The maximum atomic E-state index is 13.1. The van der Waals surface area contributed by atoms with E-state index in [1.54, 1.807) is 12.1 Å². The molecule has 2 aromatic rings. The highest BCUT2D eigenvalue weighted by Gasteiger charge is 2.29. The third kappa shape index (κ3) is 3.70. The zero-order chi connectivity index (χ0) is 14.8. The third-order valence-electron chi connectivity index (χ3n) is 2.98. The van der Waals surface area contributed by atoms with Crippen molar-refractivity contribution in [1.82, 2.24) is 15.5 Å². The van der Waals surface area contributed by atoms with Crippen LogP contribution in [-0.4, -0.2) is 22.1 Å². The minimum absolute atomic E-state index is 0.0946. The number of rotatable bonds is 5. The molecule has 0 spiro atoms. The number of nitrogen functional groups attached to an aromatic ring is 1. The van der Waals surface area contributed by atoms with Gasteiger partial charge >= 0.3 is 0 Å². The van der Waals surface area contributed by atoms with Crippen molar-refractivity contribution in [3.63, 3.8) is 0 Å². The van der Waals surface area contributed by atoms with Gasteiger partial charge in [0.25, 0.3) is 0 Å². The van der Waals surface area contributed by atoms with E-state index in [-0.39, 0.29) is 17.8 Å². The molecule has 8 heteroatoms. The third-order valence-corrected chi connectivity index (χ3v) is 5.07. The van der Waals surface area contributed by atoms with E-state index in [0.717, 1.165) is 18.4 Å². The van der Waals surface area contributed by atoms with Crippen LogP contribution in [0.15, 0.2) is 28.6 Å². The molecule has 0 bridgehead atoms. The highest BCUT2D eigenvalue weighted by molar-refractivity contribution is 8.01. The van der Waals surface area contributed by atoms with E-state index in [2.05, 4.69) is 15.5 Å². The molecule has 1 atom stereocenters. The lowest BCUT2D eigenvalue weighted by molar-refractivity contribution is -0.120. The molecule has 3 rings (SSSR count). The molecule has 1 saturated carbocycles. The second kappa shape index (κ2) is 5.98. The summed E-state index contributed by atoms with van der Waals surface area (Å²) < 4.78 is 13.7. The molecule has 0 aliphatic heterocycles. The van der Waals surface area contributed by atoms with E-state index in [0.29, 0.717) is 9.47 Å². The average Bonchev–Trinajstić information content (AvgIpc) is 3.18. The normalized spacial score (nSPS) is 15.7. The van der Waals surface area contributed by atoms with Crippen LogP contribution in [0.5, 0.6) is 0 Å². The molecule has 1 unspecified atom stereocenters. The Labute approximate surface area is 129 Å². The van der Waals surface area contributed by atoms with Crippen LogP contribution in [0.2, 0.25) is 0 Å². The number of thioether (sulfide) groups is 1. The Bertz CT molecular complexity index is 642. The number of nitrogens with one attached hydrogen (secondary N) is 1. The maximum Gasteiger partial charge on any atom is 0.238 e. The molecule has 1 aliphatic rings. The van der Waals surface area contributed by atoms with E-state index < -0.39 is 5.25 Å². The number of anilines is 1. The summed E-state index contributed by atoms with van der Waals surface area (Å²) in [6, 6.07) is 6.19. The van der Waals surface area contributed by atoms with Gasteiger partial charge in [-0.1, -0.05) is 35.2 Å². The van der Waals surface area contributed by atoms with Gasteiger partial charge in [-0.3, -0.25) is 4.79 Å². The summed E-state index contributed by atoms with van der Waals surface area (Å²) in [4.78, 5) is 12.4. The number of benzene rings is 1. The summed E-state index contributed by atoms with van der Waals surface area (Å²) in [5.41, 5.74) is 6.29. The molecule has 5 nitrogen and oxygen atoms in total. The fourth-order valence-electron chi connectivity index (χ4n) is 1.78. The number of halogens is 1. The van der Waals surface area contributed by atoms with E-state index in [1.807, 2.05) is 0 Å². The van der Waals surface area contributed by atoms with Crippen molar-refractivity contribution in [3.05, 3.63) is 35.6 Å². The molecule has 1 heterocycles. The predicted octanol–water partition coefficient (Wildman–Crippen LogP) is 2.37. The van der Waals surface area contributed by atoms with Crippen LogP contribution in [0, 0.1) is 5.82 Å². The zero-order valence-electron chi connectivity index (χ0n) is 11.0. The first kappa shape index (κ1) is 14.3. The van der Waals surface area contributed by atoms with Gasteiger partial charge in [-0.15, -0.1) is 10.2 Å². The first-order valence-electron chi connectivity index (χ1n) is 6.43. The number of hydrogen-bond donors (Lipinski definition) is 2. The largest absolute Gasteiger partial charge is 0.374 e. The summed E-state index contributed by atoms with van der Waals surface area (Å²) in [6.07, 6.45) is 2.02. The molecule has 3 N–H and O–H groups in total. The summed E-state index contributed by atoms with van der Waals surface area (Å²) in [5, 5.41) is 10.5. The minimum atomic E-state index is -0.487. The number of nitrogens with zero attached hydrogens (tertiary/aromatic N) is 2. The zero-order valence-corrected chi connectivity index (χ0v) is 12.6. The highest BCUT2D eigenvalue weighted by Crippen LogP contribution is 2.38. The van der Waals surface area contributed by atoms with Crippen molar-refractivity contribution < 1.29 is 9.18 Å². The predicted molar refractivity (Wildman–Crippen MR) is 80.5 cm³/mol. The van der Waals surface area contributed by atoms with Crippen LogP contribution >= 0.6 is 23.1 Å². The van der Waals surface area contributed by atoms with Gasteiger partial charge in [0.15, 0.2) is 4.34 Å². The van der Waals surface area contributed by atoms with E-state index in [9.17, 15) is 9.18 Å². The maximum absolute atomic E-state index is 13.1. The van der Waals surface area contributed by atoms with Gasteiger partial charge in [-0.05, 0) is 30.5 Å². The van der Waals surface area contributed by atoms with Crippen LogP contribution in [0.1, 0.15) is 23.7 Å². The van der Waals surface area contributed by atoms with Gasteiger partial charge < -0.3 is 11.1 Å². The molecular formula is C13H13FN4OS2. The lowest BCUT2D eigenvalue weighted by atomic mass is 10.1. The van der Waals surface area contributed by atoms with E-state index >= 15 is 0 Å². The molecule has 1 aromatic heterocycles. The Morgan fingerprint density at radius 3 is 2.67 bits per heavy atom. The molecule has 1 aliphatic carbocycles. The number of nitrogens with two attached hydrogens (primary N) is 1. The Morgan fingerprint density at radius 1 is 1.38 bits per heavy atom. The molecule has 1 amide bonds. The minimum Gasteiger partial charge on any atom is -0.374 e. The molecule has 110 valence electrons. The number of carbonyl (C=O) groups excluding carboxylic acids is 1. The number of aromatic nitrogens is 2. The Kier molecular flexibility index (Phi) is 4.07. The lowest BCUT2D eigenvalue weighted by Gasteiger charge is -2.15. The van der Waals surface area contributed by atoms with Crippen molar-refractivity contribution in [2.24, 2.45) is 0 Å². The van der Waals surface area contributed by atoms with Crippen molar-refractivity contribution in [1.29, 1.82) is 0 Å². The standard InChI is InChI=1S/C13H13FN4OS2/c14-8-3-1-7(2-4-8)10(11(19)16-9-5-6-9)20-13-18-17-12(15)21-13/h1-4,9-10H,5-6H2,(H2,15,17)(H,16,19). The number of hydrogen-bond acceptors (Lipinski definition) is 6. The molecule has 21 heavy (non-hydrogen) atoms. The Balaban J connectivity index is 1.82. The van der Waals surface area contributed by atoms with Gasteiger partial charge in [-0.25, -0.2) is 4.39 Å². The smallest absolute Gasteiger partial charge is 0.238 e. The first-order valence-corrected chi connectivity index (χ1v) is 8.13.